The highest BCUT2D eigenvalue weighted by Gasteiger charge is 2.00. The Kier molecular flexibility index (Phi) is 4.71. The summed E-state index contributed by atoms with van der Waals surface area (Å²) in [5, 5.41) is 12.4. The van der Waals surface area contributed by atoms with Crippen LogP contribution in [0.25, 0.3) is 0 Å². The third-order valence-electron chi connectivity index (χ3n) is 1.94. The lowest BCUT2D eigenvalue weighted by atomic mass is 10.1. The van der Waals surface area contributed by atoms with Gasteiger partial charge in [0.25, 0.3) is 0 Å². The van der Waals surface area contributed by atoms with Crippen molar-refractivity contribution in [2.24, 2.45) is 0 Å². The van der Waals surface area contributed by atoms with Crippen LogP contribution >= 0.6 is 11.6 Å². The molecule has 0 fully saturated rings. The molecule has 1 rings (SSSR count). The lowest BCUT2D eigenvalue weighted by Crippen LogP contribution is -2.14. The van der Waals surface area contributed by atoms with Crippen molar-refractivity contribution in [3.05, 3.63) is 34.3 Å². The van der Waals surface area contributed by atoms with Crippen molar-refractivity contribution in [3.8, 4) is 18.4 Å². The molecule has 0 heterocycles. The molecule has 0 saturated heterocycles. The van der Waals surface area contributed by atoms with Gasteiger partial charge in [-0.15, -0.1) is 12.3 Å². The van der Waals surface area contributed by atoms with Gasteiger partial charge in [-0.3, -0.25) is 0 Å². The summed E-state index contributed by atoms with van der Waals surface area (Å²) in [6, 6.07) is 7.31. The van der Waals surface area contributed by atoms with E-state index in [0.717, 1.165) is 12.1 Å². The molecule has 0 aliphatic carbocycles. The lowest BCUT2D eigenvalue weighted by molar-refractivity contribution is 0.701. The van der Waals surface area contributed by atoms with Crippen molar-refractivity contribution in [2.75, 3.05) is 6.54 Å². The molecule has 0 aliphatic heterocycles. The minimum Gasteiger partial charge on any atom is -0.312 e. The molecule has 3 heteroatoms. The predicted octanol–water partition coefficient (Wildman–Crippen LogP) is 2.32. The highest BCUT2D eigenvalue weighted by atomic mass is 35.5. The van der Waals surface area contributed by atoms with Crippen molar-refractivity contribution >= 4 is 11.6 Å². The van der Waals surface area contributed by atoms with Crippen molar-refractivity contribution in [1.29, 1.82) is 5.26 Å². The molecule has 15 heavy (non-hydrogen) atoms. The smallest absolute Gasteiger partial charge is 0.0992 e. The summed E-state index contributed by atoms with van der Waals surface area (Å²) in [7, 11) is 0. The van der Waals surface area contributed by atoms with Gasteiger partial charge in [0.05, 0.1) is 11.6 Å². The molecule has 0 atom stereocenters. The Bertz CT molecular complexity index is 413. The maximum atomic E-state index is 8.65. The maximum Gasteiger partial charge on any atom is 0.0992 e. The van der Waals surface area contributed by atoms with Crippen LogP contribution in [0, 0.1) is 23.7 Å². The Morgan fingerprint density at radius 2 is 2.27 bits per heavy atom. The summed E-state index contributed by atoms with van der Waals surface area (Å²) in [6.45, 7) is 1.44. The molecule has 0 saturated carbocycles. The van der Waals surface area contributed by atoms with Crippen LogP contribution < -0.4 is 5.32 Å². The van der Waals surface area contributed by atoms with Gasteiger partial charge in [-0.25, -0.2) is 0 Å². The normalized spacial score (nSPS) is 9.27. The first-order valence-corrected chi connectivity index (χ1v) is 4.98. The largest absolute Gasteiger partial charge is 0.312 e. The van der Waals surface area contributed by atoms with Crippen LogP contribution in [0.1, 0.15) is 17.5 Å². The highest BCUT2D eigenvalue weighted by Crippen LogP contribution is 2.17. The van der Waals surface area contributed by atoms with Crippen LogP contribution in [0.3, 0.4) is 0 Å². The van der Waals surface area contributed by atoms with Crippen LogP contribution in [0.4, 0.5) is 0 Å². The lowest BCUT2D eigenvalue weighted by Gasteiger charge is -2.05. The van der Waals surface area contributed by atoms with Gasteiger partial charge < -0.3 is 5.32 Å². The van der Waals surface area contributed by atoms with Gasteiger partial charge in [-0.05, 0) is 17.7 Å². The molecule has 76 valence electrons. The van der Waals surface area contributed by atoms with Crippen molar-refractivity contribution in [2.45, 2.75) is 13.0 Å². The third-order valence-corrected chi connectivity index (χ3v) is 2.30. The quantitative estimate of drug-likeness (QED) is 0.622. The van der Waals surface area contributed by atoms with E-state index in [-0.39, 0.29) is 0 Å². The predicted molar refractivity (Wildman–Crippen MR) is 61.3 cm³/mol. The zero-order valence-corrected chi connectivity index (χ0v) is 9.01. The number of rotatable bonds is 4. The van der Waals surface area contributed by atoms with Crippen LogP contribution in [0.2, 0.25) is 5.02 Å². The second-order valence-electron chi connectivity index (χ2n) is 3.05. The Morgan fingerprint density at radius 1 is 1.47 bits per heavy atom. The summed E-state index contributed by atoms with van der Waals surface area (Å²) in [5.41, 5.74) is 1.56. The van der Waals surface area contributed by atoms with Gasteiger partial charge in [0.15, 0.2) is 0 Å². The van der Waals surface area contributed by atoms with E-state index in [4.69, 9.17) is 23.3 Å². The topological polar surface area (TPSA) is 35.8 Å². The molecule has 0 aliphatic rings. The van der Waals surface area contributed by atoms with E-state index in [1.165, 1.54) is 0 Å². The summed E-state index contributed by atoms with van der Waals surface area (Å²) in [6.07, 6.45) is 5.83. The SMILES string of the molecule is C#CCCNCc1ccc(C#N)cc1Cl. The second-order valence-corrected chi connectivity index (χ2v) is 3.46. The zero-order valence-electron chi connectivity index (χ0n) is 8.26. The monoisotopic (exact) mass is 218 g/mol. The van der Waals surface area contributed by atoms with E-state index >= 15 is 0 Å². The molecule has 1 aromatic carbocycles. The molecular weight excluding hydrogens is 208 g/mol. The Labute approximate surface area is 94.9 Å². The minimum atomic E-state index is 0.576. The van der Waals surface area contributed by atoms with Crippen LogP contribution in [-0.2, 0) is 6.54 Å². The van der Waals surface area contributed by atoms with Crippen molar-refractivity contribution in [3.63, 3.8) is 0 Å². The van der Waals surface area contributed by atoms with Gasteiger partial charge in [0.1, 0.15) is 0 Å². The van der Waals surface area contributed by atoms with E-state index in [1.807, 2.05) is 12.1 Å². The number of nitriles is 1. The number of hydrogen-bond donors (Lipinski definition) is 1. The number of nitrogens with zero attached hydrogens (tertiary/aromatic N) is 1. The molecule has 0 unspecified atom stereocenters. The van der Waals surface area contributed by atoms with E-state index in [1.54, 1.807) is 12.1 Å². The molecule has 1 N–H and O–H groups in total. The van der Waals surface area contributed by atoms with Gasteiger partial charge in [0.2, 0.25) is 0 Å². The van der Waals surface area contributed by atoms with Gasteiger partial charge in [-0.1, -0.05) is 17.7 Å². The molecule has 0 bridgehead atoms. The van der Waals surface area contributed by atoms with Crippen LogP contribution in [0.15, 0.2) is 18.2 Å². The first kappa shape index (κ1) is 11.6. The van der Waals surface area contributed by atoms with Gasteiger partial charge in [0, 0.05) is 24.5 Å². The molecule has 0 radical (unpaired) electrons. The van der Waals surface area contributed by atoms with Crippen molar-refractivity contribution in [1.82, 2.24) is 5.32 Å². The van der Waals surface area contributed by atoms with Gasteiger partial charge in [-0.2, -0.15) is 5.26 Å². The van der Waals surface area contributed by atoms with Crippen LogP contribution in [0.5, 0.6) is 0 Å². The average molecular weight is 219 g/mol. The van der Waals surface area contributed by atoms with Gasteiger partial charge >= 0.3 is 0 Å². The van der Waals surface area contributed by atoms with E-state index in [9.17, 15) is 0 Å². The molecule has 0 spiro atoms. The maximum absolute atomic E-state index is 8.65. The Hall–Kier alpha value is -1.48. The summed E-state index contributed by atoms with van der Waals surface area (Å²) in [5.74, 6) is 2.55. The second kappa shape index (κ2) is 6.09. The number of terminal acetylenes is 1. The van der Waals surface area contributed by atoms with E-state index in [2.05, 4.69) is 11.2 Å². The van der Waals surface area contributed by atoms with E-state index in [0.29, 0.717) is 23.6 Å². The van der Waals surface area contributed by atoms with Crippen molar-refractivity contribution < 1.29 is 0 Å². The van der Waals surface area contributed by atoms with Crippen LogP contribution in [-0.4, -0.2) is 6.54 Å². The molecule has 2 nitrogen and oxygen atoms in total. The number of benzene rings is 1. The summed E-state index contributed by atoms with van der Waals surface area (Å²) >= 11 is 5.99. The number of halogens is 1. The fraction of sp³-hybridized carbons (Fsp3) is 0.250. The summed E-state index contributed by atoms with van der Waals surface area (Å²) < 4.78 is 0. The summed E-state index contributed by atoms with van der Waals surface area (Å²) in [4.78, 5) is 0. The Balaban J connectivity index is 2.56. The fourth-order valence-corrected chi connectivity index (χ4v) is 1.39. The minimum absolute atomic E-state index is 0.576. The molecular formula is C12H11ClN2. The first-order valence-electron chi connectivity index (χ1n) is 4.60. The third kappa shape index (κ3) is 3.64. The Morgan fingerprint density at radius 3 is 2.87 bits per heavy atom. The van der Waals surface area contributed by atoms with E-state index < -0.39 is 0 Å². The fourth-order valence-electron chi connectivity index (χ4n) is 1.14. The standard InChI is InChI=1S/C12H11ClN2/c1-2-3-6-15-9-11-5-4-10(8-14)7-12(11)13/h1,4-5,7,15H,3,6,9H2. The number of hydrogen-bond acceptors (Lipinski definition) is 2. The molecule has 0 aromatic heterocycles. The highest BCUT2D eigenvalue weighted by molar-refractivity contribution is 6.31. The molecule has 0 amide bonds. The molecule has 1 aromatic rings. The average Bonchev–Trinajstić information content (AvgIpc) is 2.26. The zero-order chi connectivity index (χ0) is 11.1. The number of nitrogens with one attached hydrogen (secondary N) is 1. The first-order chi connectivity index (χ1) is 7.27.